The number of hydrogen-bond acceptors (Lipinski definition) is 4. The fourth-order valence-corrected chi connectivity index (χ4v) is 3.83. The predicted molar refractivity (Wildman–Crippen MR) is 100 cm³/mol. The number of nitrogens with zero attached hydrogens (tertiary/aromatic N) is 1. The Morgan fingerprint density at radius 1 is 1.32 bits per heavy atom. The molecule has 25 heavy (non-hydrogen) atoms. The van der Waals surface area contributed by atoms with Crippen LogP contribution in [0.25, 0.3) is 0 Å². The standard InChI is InChI=1S/C19H28ClN3O2/c20-16-6-1-2-8-18(16)25-12-11-23-10-4-5-15(14-23)13-22-19(24)17-7-3-9-21-17/h1-2,6,8,15,17,21H,3-5,7,9-14H2,(H,22,24). The van der Waals surface area contributed by atoms with Gasteiger partial charge in [0.1, 0.15) is 12.4 Å². The van der Waals surface area contributed by atoms with Gasteiger partial charge in [-0.2, -0.15) is 0 Å². The van der Waals surface area contributed by atoms with Crippen molar-refractivity contribution in [3.05, 3.63) is 29.3 Å². The number of rotatable bonds is 7. The van der Waals surface area contributed by atoms with Crippen LogP contribution in [0.4, 0.5) is 0 Å². The number of piperidine rings is 1. The summed E-state index contributed by atoms with van der Waals surface area (Å²) in [5, 5.41) is 7.03. The first-order chi connectivity index (χ1) is 12.2. The van der Waals surface area contributed by atoms with Gasteiger partial charge in [-0.25, -0.2) is 0 Å². The molecular weight excluding hydrogens is 338 g/mol. The van der Waals surface area contributed by atoms with Gasteiger partial charge in [0.2, 0.25) is 5.91 Å². The van der Waals surface area contributed by atoms with Crippen LogP contribution in [0.15, 0.2) is 24.3 Å². The van der Waals surface area contributed by atoms with Crippen LogP contribution in [0.1, 0.15) is 25.7 Å². The van der Waals surface area contributed by atoms with Gasteiger partial charge in [-0.3, -0.25) is 9.69 Å². The molecule has 0 bridgehead atoms. The van der Waals surface area contributed by atoms with Crippen molar-refractivity contribution in [1.82, 2.24) is 15.5 Å². The molecule has 0 spiro atoms. The number of ether oxygens (including phenoxy) is 1. The lowest BCUT2D eigenvalue weighted by Crippen LogP contribution is -2.46. The molecule has 2 atom stereocenters. The van der Waals surface area contributed by atoms with E-state index in [1.807, 2.05) is 24.3 Å². The summed E-state index contributed by atoms with van der Waals surface area (Å²) in [4.78, 5) is 14.5. The molecule has 2 saturated heterocycles. The van der Waals surface area contributed by atoms with Gasteiger partial charge in [0.05, 0.1) is 11.1 Å². The Hall–Kier alpha value is -1.30. The molecule has 1 aromatic carbocycles. The number of benzene rings is 1. The summed E-state index contributed by atoms with van der Waals surface area (Å²) < 4.78 is 5.79. The second-order valence-electron chi connectivity index (χ2n) is 6.98. The van der Waals surface area contributed by atoms with Gasteiger partial charge in [-0.1, -0.05) is 23.7 Å². The average Bonchev–Trinajstić information content (AvgIpc) is 3.16. The largest absolute Gasteiger partial charge is 0.491 e. The van der Waals surface area contributed by atoms with Gasteiger partial charge in [0, 0.05) is 19.6 Å². The first-order valence-electron chi connectivity index (χ1n) is 9.33. The van der Waals surface area contributed by atoms with E-state index in [9.17, 15) is 4.79 Å². The van der Waals surface area contributed by atoms with Crippen molar-refractivity contribution in [3.8, 4) is 5.75 Å². The minimum Gasteiger partial charge on any atom is -0.491 e. The smallest absolute Gasteiger partial charge is 0.237 e. The van der Waals surface area contributed by atoms with Gasteiger partial charge in [-0.15, -0.1) is 0 Å². The van der Waals surface area contributed by atoms with Crippen LogP contribution in [0.5, 0.6) is 5.75 Å². The lowest BCUT2D eigenvalue weighted by Gasteiger charge is -2.32. The molecule has 2 N–H and O–H groups in total. The lowest BCUT2D eigenvalue weighted by molar-refractivity contribution is -0.123. The number of para-hydroxylation sites is 1. The fourth-order valence-electron chi connectivity index (χ4n) is 3.64. The minimum absolute atomic E-state index is 0.0173. The maximum absolute atomic E-state index is 12.1. The van der Waals surface area contributed by atoms with E-state index in [0.717, 1.165) is 51.3 Å². The molecule has 2 aliphatic rings. The number of nitrogens with one attached hydrogen (secondary N) is 2. The maximum atomic E-state index is 12.1. The molecule has 138 valence electrons. The summed E-state index contributed by atoms with van der Waals surface area (Å²) in [6, 6.07) is 7.59. The SMILES string of the molecule is O=C(NCC1CCCN(CCOc2ccccc2Cl)C1)C1CCCN1. The topological polar surface area (TPSA) is 53.6 Å². The van der Waals surface area contributed by atoms with Crippen LogP contribution in [0.3, 0.4) is 0 Å². The second kappa shape index (κ2) is 9.41. The molecule has 1 amide bonds. The average molecular weight is 366 g/mol. The quantitative estimate of drug-likeness (QED) is 0.778. The Bertz CT molecular complexity index is 563. The highest BCUT2D eigenvalue weighted by atomic mass is 35.5. The summed E-state index contributed by atoms with van der Waals surface area (Å²) in [5.41, 5.74) is 0. The number of carbonyl (C=O) groups excluding carboxylic acids is 1. The maximum Gasteiger partial charge on any atom is 0.237 e. The predicted octanol–water partition coefficient (Wildman–Crippen LogP) is 2.30. The van der Waals surface area contributed by atoms with Gasteiger partial charge in [0.25, 0.3) is 0 Å². The van der Waals surface area contributed by atoms with Crippen LogP contribution in [0, 0.1) is 5.92 Å². The number of hydrogen-bond donors (Lipinski definition) is 2. The third kappa shape index (κ3) is 5.59. The highest BCUT2D eigenvalue weighted by Gasteiger charge is 2.24. The van der Waals surface area contributed by atoms with E-state index >= 15 is 0 Å². The monoisotopic (exact) mass is 365 g/mol. The van der Waals surface area contributed by atoms with Gasteiger partial charge in [-0.05, 0) is 56.8 Å². The molecule has 6 heteroatoms. The van der Waals surface area contributed by atoms with E-state index in [1.165, 1.54) is 12.8 Å². The van der Waals surface area contributed by atoms with Crippen molar-refractivity contribution in [1.29, 1.82) is 0 Å². The Kier molecular flexibility index (Phi) is 6.96. The number of carbonyl (C=O) groups is 1. The van der Waals surface area contributed by atoms with Crippen molar-refractivity contribution < 1.29 is 9.53 Å². The van der Waals surface area contributed by atoms with Crippen molar-refractivity contribution >= 4 is 17.5 Å². The van der Waals surface area contributed by atoms with E-state index in [0.29, 0.717) is 17.5 Å². The molecule has 2 aliphatic heterocycles. The first kappa shape index (κ1) is 18.5. The Labute approximate surface area is 155 Å². The highest BCUT2D eigenvalue weighted by molar-refractivity contribution is 6.32. The van der Waals surface area contributed by atoms with Gasteiger partial charge >= 0.3 is 0 Å². The van der Waals surface area contributed by atoms with E-state index in [1.54, 1.807) is 0 Å². The normalized spacial score (nSPS) is 24.2. The van der Waals surface area contributed by atoms with Crippen LogP contribution in [0.2, 0.25) is 5.02 Å². The Morgan fingerprint density at radius 2 is 2.20 bits per heavy atom. The molecule has 0 radical (unpaired) electrons. The zero-order chi connectivity index (χ0) is 17.5. The third-order valence-corrected chi connectivity index (χ3v) is 5.36. The Morgan fingerprint density at radius 3 is 3.00 bits per heavy atom. The highest BCUT2D eigenvalue weighted by Crippen LogP contribution is 2.23. The molecule has 0 aliphatic carbocycles. The van der Waals surface area contributed by atoms with Gasteiger partial charge < -0.3 is 15.4 Å². The van der Waals surface area contributed by atoms with Crippen molar-refractivity contribution in [2.24, 2.45) is 5.92 Å². The molecule has 0 aromatic heterocycles. The minimum atomic E-state index is 0.0173. The fraction of sp³-hybridized carbons (Fsp3) is 0.632. The van der Waals surface area contributed by atoms with Crippen molar-refractivity contribution in [2.75, 3.05) is 39.3 Å². The summed E-state index contributed by atoms with van der Waals surface area (Å²) in [6.45, 7) is 5.37. The summed E-state index contributed by atoms with van der Waals surface area (Å²) in [7, 11) is 0. The molecule has 2 fully saturated rings. The number of halogens is 1. The number of likely N-dealkylation sites (tertiary alicyclic amines) is 1. The zero-order valence-corrected chi connectivity index (χ0v) is 15.4. The lowest BCUT2D eigenvalue weighted by atomic mass is 9.98. The molecule has 3 rings (SSSR count). The summed E-state index contributed by atoms with van der Waals surface area (Å²) in [6.07, 6.45) is 4.41. The zero-order valence-electron chi connectivity index (χ0n) is 14.7. The van der Waals surface area contributed by atoms with Crippen molar-refractivity contribution in [3.63, 3.8) is 0 Å². The first-order valence-corrected chi connectivity index (χ1v) is 9.71. The van der Waals surface area contributed by atoms with Crippen LogP contribution >= 0.6 is 11.6 Å². The van der Waals surface area contributed by atoms with Gasteiger partial charge in [0.15, 0.2) is 0 Å². The van der Waals surface area contributed by atoms with E-state index in [4.69, 9.17) is 16.3 Å². The van der Waals surface area contributed by atoms with Crippen LogP contribution in [-0.4, -0.2) is 56.2 Å². The summed E-state index contributed by atoms with van der Waals surface area (Å²) >= 11 is 6.11. The number of amides is 1. The molecule has 1 aromatic rings. The molecule has 2 heterocycles. The summed E-state index contributed by atoms with van der Waals surface area (Å²) in [5.74, 6) is 1.44. The van der Waals surface area contributed by atoms with Crippen LogP contribution < -0.4 is 15.4 Å². The molecule has 0 saturated carbocycles. The van der Waals surface area contributed by atoms with E-state index in [2.05, 4.69) is 15.5 Å². The molecule has 5 nitrogen and oxygen atoms in total. The van der Waals surface area contributed by atoms with E-state index < -0.39 is 0 Å². The second-order valence-corrected chi connectivity index (χ2v) is 7.39. The van der Waals surface area contributed by atoms with Crippen LogP contribution in [-0.2, 0) is 4.79 Å². The molecule has 2 unspecified atom stereocenters. The third-order valence-electron chi connectivity index (χ3n) is 5.05. The Balaban J connectivity index is 1.36. The molecular formula is C19H28ClN3O2. The van der Waals surface area contributed by atoms with Crippen molar-refractivity contribution in [2.45, 2.75) is 31.7 Å². The van der Waals surface area contributed by atoms with E-state index in [-0.39, 0.29) is 11.9 Å².